The summed E-state index contributed by atoms with van der Waals surface area (Å²) >= 11 is 0. The van der Waals surface area contributed by atoms with Gasteiger partial charge in [-0.05, 0) is 23.3 Å². The zero-order valence-corrected chi connectivity index (χ0v) is 12.0. The SMILES string of the molecule is C[n+]1cc2c(c3ccccc31)-c1ccncc1C2(C)C. The summed E-state index contributed by atoms with van der Waals surface area (Å²) in [4.78, 5) is 4.33. The largest absolute Gasteiger partial charge is 0.264 e. The summed E-state index contributed by atoms with van der Waals surface area (Å²) in [5.41, 5.74) is 6.71. The van der Waals surface area contributed by atoms with E-state index in [4.69, 9.17) is 0 Å². The maximum absolute atomic E-state index is 4.33. The van der Waals surface area contributed by atoms with Crippen molar-refractivity contribution in [2.45, 2.75) is 19.3 Å². The third-order valence-corrected chi connectivity index (χ3v) is 4.58. The van der Waals surface area contributed by atoms with Crippen LogP contribution in [0.15, 0.2) is 48.9 Å². The van der Waals surface area contributed by atoms with E-state index in [1.54, 1.807) is 0 Å². The van der Waals surface area contributed by atoms with Crippen molar-refractivity contribution >= 4 is 10.9 Å². The zero-order chi connectivity index (χ0) is 13.9. The Bertz CT molecular complexity index is 847. The molecule has 0 unspecified atom stereocenters. The van der Waals surface area contributed by atoms with Gasteiger partial charge in [0.2, 0.25) is 5.52 Å². The molecule has 2 nitrogen and oxygen atoms in total. The molecule has 4 rings (SSSR count). The summed E-state index contributed by atoms with van der Waals surface area (Å²) in [5, 5.41) is 1.32. The number of benzene rings is 1. The van der Waals surface area contributed by atoms with Crippen LogP contribution in [0, 0.1) is 0 Å². The Morgan fingerprint density at radius 3 is 2.70 bits per heavy atom. The zero-order valence-electron chi connectivity index (χ0n) is 12.0. The van der Waals surface area contributed by atoms with Crippen LogP contribution < -0.4 is 4.57 Å². The van der Waals surface area contributed by atoms with Gasteiger partial charge in [0.25, 0.3) is 0 Å². The maximum atomic E-state index is 4.33. The third kappa shape index (κ3) is 1.29. The van der Waals surface area contributed by atoms with Crippen LogP contribution in [0.1, 0.15) is 25.0 Å². The third-order valence-electron chi connectivity index (χ3n) is 4.58. The number of nitrogens with zero attached hydrogens (tertiary/aromatic N) is 2. The molecule has 1 aliphatic carbocycles. The first-order valence-corrected chi connectivity index (χ1v) is 6.97. The van der Waals surface area contributed by atoms with Crippen LogP contribution in [-0.2, 0) is 12.5 Å². The molecule has 0 spiro atoms. The number of rotatable bonds is 0. The Balaban J connectivity index is 2.25. The molecule has 0 saturated carbocycles. The highest BCUT2D eigenvalue weighted by atomic mass is 14.9. The fourth-order valence-electron chi connectivity index (χ4n) is 3.49. The first-order valence-electron chi connectivity index (χ1n) is 6.97. The Morgan fingerprint density at radius 1 is 1.05 bits per heavy atom. The Kier molecular flexibility index (Phi) is 2.12. The van der Waals surface area contributed by atoms with Crippen molar-refractivity contribution < 1.29 is 4.57 Å². The lowest BCUT2D eigenvalue weighted by Gasteiger charge is -2.19. The molecule has 0 saturated heterocycles. The van der Waals surface area contributed by atoms with E-state index >= 15 is 0 Å². The van der Waals surface area contributed by atoms with Crippen molar-refractivity contribution in [2.24, 2.45) is 7.05 Å². The summed E-state index contributed by atoms with van der Waals surface area (Å²) in [6.45, 7) is 4.57. The van der Waals surface area contributed by atoms with E-state index in [9.17, 15) is 0 Å². The first kappa shape index (κ1) is 11.6. The molecule has 0 atom stereocenters. The van der Waals surface area contributed by atoms with Crippen LogP contribution in [0.4, 0.5) is 0 Å². The van der Waals surface area contributed by atoms with Crippen LogP contribution in [0.2, 0.25) is 0 Å². The smallest absolute Gasteiger partial charge is 0.212 e. The second kappa shape index (κ2) is 3.66. The number of pyridine rings is 2. The van der Waals surface area contributed by atoms with Crippen molar-refractivity contribution in [2.75, 3.05) is 0 Å². The standard InChI is InChI=1S/C18H17N2/c1-18(2)14-10-19-9-8-12(14)17-13-6-4-5-7-16(13)20(3)11-15(17)18/h4-11H,1-3H3/q+1. The van der Waals surface area contributed by atoms with Crippen molar-refractivity contribution in [3.05, 3.63) is 60.0 Å². The molecule has 0 bridgehead atoms. The molecule has 20 heavy (non-hydrogen) atoms. The molecular weight excluding hydrogens is 244 g/mol. The normalized spacial score (nSPS) is 15.2. The molecule has 0 amide bonds. The van der Waals surface area contributed by atoms with E-state index in [-0.39, 0.29) is 5.41 Å². The van der Waals surface area contributed by atoms with Crippen LogP contribution in [0.3, 0.4) is 0 Å². The molecule has 0 fully saturated rings. The van der Waals surface area contributed by atoms with Gasteiger partial charge >= 0.3 is 0 Å². The van der Waals surface area contributed by atoms with E-state index in [0.717, 1.165) is 0 Å². The number of aryl methyl sites for hydroxylation is 1. The Hall–Kier alpha value is -2.22. The van der Waals surface area contributed by atoms with Gasteiger partial charge in [0.1, 0.15) is 7.05 Å². The highest BCUT2D eigenvalue weighted by molar-refractivity contribution is 5.98. The molecule has 0 radical (unpaired) electrons. The highest BCUT2D eigenvalue weighted by Crippen LogP contribution is 2.49. The predicted octanol–water partition coefficient (Wildman–Crippen LogP) is 3.37. The molecule has 2 heterocycles. The lowest BCUT2D eigenvalue weighted by atomic mass is 9.83. The average Bonchev–Trinajstić information content (AvgIpc) is 2.69. The molecule has 2 aromatic heterocycles. The van der Waals surface area contributed by atoms with Gasteiger partial charge in [0.15, 0.2) is 6.20 Å². The van der Waals surface area contributed by atoms with Gasteiger partial charge in [0.05, 0.1) is 5.39 Å². The van der Waals surface area contributed by atoms with E-state index in [2.05, 4.69) is 67.0 Å². The first-order chi connectivity index (χ1) is 9.60. The van der Waals surface area contributed by atoms with Crippen molar-refractivity contribution in [1.29, 1.82) is 0 Å². The van der Waals surface area contributed by atoms with Gasteiger partial charge in [-0.15, -0.1) is 0 Å². The van der Waals surface area contributed by atoms with Gasteiger partial charge in [-0.25, -0.2) is 4.57 Å². The summed E-state index contributed by atoms with van der Waals surface area (Å²) < 4.78 is 2.23. The monoisotopic (exact) mass is 261 g/mol. The summed E-state index contributed by atoms with van der Waals surface area (Å²) in [6, 6.07) is 10.8. The number of fused-ring (bicyclic) bond motifs is 5. The fraction of sp³-hybridized carbons (Fsp3) is 0.222. The van der Waals surface area contributed by atoms with Crippen molar-refractivity contribution in [1.82, 2.24) is 4.98 Å². The number of para-hydroxylation sites is 1. The maximum Gasteiger partial charge on any atom is 0.212 e. The summed E-state index contributed by atoms with van der Waals surface area (Å²) in [7, 11) is 2.12. The Morgan fingerprint density at radius 2 is 1.85 bits per heavy atom. The number of hydrogen-bond donors (Lipinski definition) is 0. The quantitative estimate of drug-likeness (QED) is 0.567. The van der Waals surface area contributed by atoms with Crippen molar-refractivity contribution in [3.8, 4) is 11.1 Å². The van der Waals surface area contributed by atoms with E-state index in [0.29, 0.717) is 0 Å². The van der Waals surface area contributed by atoms with Crippen LogP contribution in [0.5, 0.6) is 0 Å². The van der Waals surface area contributed by atoms with Crippen LogP contribution in [0.25, 0.3) is 22.0 Å². The van der Waals surface area contributed by atoms with Gasteiger partial charge in [-0.1, -0.05) is 26.0 Å². The van der Waals surface area contributed by atoms with E-state index in [1.807, 2.05) is 12.4 Å². The van der Waals surface area contributed by atoms with Gasteiger partial charge in [0, 0.05) is 35.0 Å². The summed E-state index contributed by atoms with van der Waals surface area (Å²) in [6.07, 6.45) is 6.19. The van der Waals surface area contributed by atoms with Crippen LogP contribution in [-0.4, -0.2) is 4.98 Å². The van der Waals surface area contributed by atoms with E-state index in [1.165, 1.54) is 33.2 Å². The molecule has 98 valence electrons. The highest BCUT2D eigenvalue weighted by Gasteiger charge is 2.39. The van der Waals surface area contributed by atoms with Crippen molar-refractivity contribution in [3.63, 3.8) is 0 Å². The molecular formula is C18H17N2+. The minimum Gasteiger partial charge on any atom is -0.264 e. The minimum absolute atomic E-state index is 0.0146. The van der Waals surface area contributed by atoms with Crippen LogP contribution >= 0.6 is 0 Å². The molecule has 0 N–H and O–H groups in total. The number of hydrogen-bond acceptors (Lipinski definition) is 1. The molecule has 0 aliphatic heterocycles. The average molecular weight is 261 g/mol. The molecule has 1 aromatic carbocycles. The fourth-order valence-corrected chi connectivity index (χ4v) is 3.49. The topological polar surface area (TPSA) is 16.8 Å². The molecule has 1 aliphatic rings. The summed E-state index contributed by atoms with van der Waals surface area (Å²) in [5.74, 6) is 0. The van der Waals surface area contributed by atoms with E-state index < -0.39 is 0 Å². The van der Waals surface area contributed by atoms with Gasteiger partial charge in [-0.2, -0.15) is 0 Å². The lowest BCUT2D eigenvalue weighted by Crippen LogP contribution is -2.31. The lowest BCUT2D eigenvalue weighted by molar-refractivity contribution is -0.645. The predicted molar refractivity (Wildman–Crippen MR) is 80.5 cm³/mol. The number of aromatic nitrogens is 2. The molecule has 2 heteroatoms. The van der Waals surface area contributed by atoms with Gasteiger partial charge < -0.3 is 0 Å². The Labute approximate surface area is 118 Å². The van der Waals surface area contributed by atoms with Gasteiger partial charge in [-0.3, -0.25) is 4.98 Å². The minimum atomic E-state index is 0.0146. The second-order valence-corrected chi connectivity index (χ2v) is 6.09. The second-order valence-electron chi connectivity index (χ2n) is 6.09. The molecule has 3 aromatic rings.